The second-order valence-corrected chi connectivity index (χ2v) is 3.50. The van der Waals surface area contributed by atoms with E-state index in [1.54, 1.807) is 0 Å². The van der Waals surface area contributed by atoms with Crippen molar-refractivity contribution in [2.45, 2.75) is 31.6 Å². The Hall–Kier alpha value is -0.230. The molecule has 0 saturated carbocycles. The molecule has 10 heavy (non-hydrogen) atoms. The predicted octanol–water partition coefficient (Wildman–Crippen LogP) is 3.28. The molecular formula is C9H13Cl. The van der Waals surface area contributed by atoms with Crippen LogP contribution in [0.5, 0.6) is 0 Å². The smallest absolute Gasteiger partial charge is 0.0373 e. The van der Waals surface area contributed by atoms with Gasteiger partial charge in [-0.15, -0.1) is 11.6 Å². The van der Waals surface area contributed by atoms with Gasteiger partial charge in [0, 0.05) is 5.38 Å². The molecule has 0 bridgehead atoms. The number of hydrogen-bond acceptors (Lipinski definition) is 0. The zero-order chi connectivity index (χ0) is 7.56. The average Bonchev–Trinajstić information content (AvgIpc) is 1.88. The van der Waals surface area contributed by atoms with Crippen LogP contribution < -0.4 is 0 Å². The van der Waals surface area contributed by atoms with Gasteiger partial charge >= 0.3 is 0 Å². The topological polar surface area (TPSA) is 0 Å². The van der Waals surface area contributed by atoms with Crippen LogP contribution in [0.15, 0.2) is 23.8 Å². The van der Waals surface area contributed by atoms with E-state index in [0.717, 1.165) is 19.3 Å². The van der Waals surface area contributed by atoms with Gasteiger partial charge in [0.1, 0.15) is 0 Å². The summed E-state index contributed by atoms with van der Waals surface area (Å²) in [7, 11) is 0. The molecule has 1 rings (SSSR count). The summed E-state index contributed by atoms with van der Waals surface area (Å²) in [5.74, 6) is 0. The number of allylic oxidation sites excluding steroid dienone is 3. The molecule has 0 heterocycles. The maximum atomic E-state index is 5.91. The lowest BCUT2D eigenvalue weighted by atomic mass is 9.95. The minimum absolute atomic E-state index is 0.364. The number of hydrogen-bond donors (Lipinski definition) is 0. The Morgan fingerprint density at radius 1 is 1.80 bits per heavy atom. The molecule has 0 spiro atoms. The number of halogens is 1. The Morgan fingerprint density at radius 3 is 2.90 bits per heavy atom. The maximum Gasteiger partial charge on any atom is 0.0373 e. The van der Waals surface area contributed by atoms with Gasteiger partial charge in [0.2, 0.25) is 0 Å². The molecule has 0 amide bonds. The molecule has 1 unspecified atom stereocenters. The first-order valence-corrected chi connectivity index (χ1v) is 4.13. The molecule has 0 fully saturated rings. The molecule has 0 radical (unpaired) electrons. The van der Waals surface area contributed by atoms with Crippen molar-refractivity contribution in [2.24, 2.45) is 0 Å². The minimum Gasteiger partial charge on any atom is -0.123 e. The van der Waals surface area contributed by atoms with Crippen molar-refractivity contribution in [3.05, 3.63) is 23.8 Å². The second-order valence-electron chi connectivity index (χ2n) is 2.88. The van der Waals surface area contributed by atoms with Crippen molar-refractivity contribution in [2.75, 3.05) is 0 Å². The summed E-state index contributed by atoms with van der Waals surface area (Å²) in [6.07, 6.45) is 5.46. The summed E-state index contributed by atoms with van der Waals surface area (Å²) in [5.41, 5.74) is 2.60. The van der Waals surface area contributed by atoms with E-state index in [9.17, 15) is 0 Å². The Morgan fingerprint density at radius 2 is 2.50 bits per heavy atom. The quantitative estimate of drug-likeness (QED) is 0.512. The van der Waals surface area contributed by atoms with Gasteiger partial charge in [0.05, 0.1) is 0 Å². The molecule has 1 aliphatic carbocycles. The monoisotopic (exact) mass is 156 g/mol. The molecule has 1 heteroatoms. The highest BCUT2D eigenvalue weighted by molar-refractivity contribution is 6.20. The molecule has 0 aromatic heterocycles. The lowest BCUT2D eigenvalue weighted by Gasteiger charge is -2.16. The van der Waals surface area contributed by atoms with E-state index < -0.39 is 0 Å². The predicted molar refractivity (Wildman–Crippen MR) is 46.4 cm³/mol. The maximum absolute atomic E-state index is 5.91. The lowest BCUT2D eigenvalue weighted by Crippen LogP contribution is -2.04. The fourth-order valence-electron chi connectivity index (χ4n) is 1.19. The van der Waals surface area contributed by atoms with Gasteiger partial charge in [-0.05, 0) is 31.8 Å². The molecule has 0 aromatic rings. The van der Waals surface area contributed by atoms with E-state index >= 15 is 0 Å². The van der Waals surface area contributed by atoms with Gasteiger partial charge in [-0.1, -0.05) is 18.2 Å². The highest BCUT2D eigenvalue weighted by Crippen LogP contribution is 2.25. The summed E-state index contributed by atoms with van der Waals surface area (Å²) >= 11 is 5.91. The van der Waals surface area contributed by atoms with Gasteiger partial charge in [-0.3, -0.25) is 0 Å². The van der Waals surface area contributed by atoms with Crippen molar-refractivity contribution >= 4 is 11.6 Å². The molecule has 0 aromatic carbocycles. The van der Waals surface area contributed by atoms with Crippen LogP contribution in [0.3, 0.4) is 0 Å². The molecule has 0 nitrogen and oxygen atoms in total. The minimum atomic E-state index is 0.364. The zero-order valence-electron chi connectivity index (χ0n) is 6.36. The van der Waals surface area contributed by atoms with Gasteiger partial charge in [0.15, 0.2) is 0 Å². The van der Waals surface area contributed by atoms with Crippen LogP contribution >= 0.6 is 11.6 Å². The highest BCUT2D eigenvalue weighted by atomic mass is 35.5. The van der Waals surface area contributed by atoms with Crippen LogP contribution in [-0.4, -0.2) is 5.38 Å². The van der Waals surface area contributed by atoms with Crippen LogP contribution in [0.1, 0.15) is 26.2 Å². The molecule has 1 aliphatic rings. The lowest BCUT2D eigenvalue weighted by molar-refractivity contribution is 0.715. The van der Waals surface area contributed by atoms with Crippen LogP contribution in [0.4, 0.5) is 0 Å². The number of rotatable bonds is 1. The van der Waals surface area contributed by atoms with Crippen LogP contribution in [0.2, 0.25) is 0 Å². The fourth-order valence-corrected chi connectivity index (χ4v) is 1.39. The van der Waals surface area contributed by atoms with Crippen LogP contribution in [-0.2, 0) is 0 Å². The van der Waals surface area contributed by atoms with E-state index in [1.807, 2.05) is 0 Å². The SMILES string of the molecule is C=C(C)C1=CCC(Cl)CC1. The summed E-state index contributed by atoms with van der Waals surface area (Å²) in [6, 6.07) is 0. The molecule has 1 atom stereocenters. The largest absolute Gasteiger partial charge is 0.123 e. The molecule has 0 saturated heterocycles. The van der Waals surface area contributed by atoms with E-state index in [2.05, 4.69) is 19.6 Å². The van der Waals surface area contributed by atoms with E-state index in [-0.39, 0.29) is 0 Å². The average molecular weight is 157 g/mol. The highest BCUT2D eigenvalue weighted by Gasteiger charge is 2.10. The Labute approximate surface area is 67.6 Å². The third-order valence-electron chi connectivity index (χ3n) is 1.90. The Kier molecular flexibility index (Phi) is 2.56. The van der Waals surface area contributed by atoms with E-state index in [0.29, 0.717) is 5.38 Å². The zero-order valence-corrected chi connectivity index (χ0v) is 7.12. The van der Waals surface area contributed by atoms with Crippen molar-refractivity contribution in [3.8, 4) is 0 Å². The van der Waals surface area contributed by atoms with Crippen molar-refractivity contribution in [1.29, 1.82) is 0 Å². The van der Waals surface area contributed by atoms with Gasteiger partial charge in [0.25, 0.3) is 0 Å². The summed E-state index contributed by atoms with van der Waals surface area (Å²) in [6.45, 7) is 5.95. The third-order valence-corrected chi connectivity index (χ3v) is 2.29. The van der Waals surface area contributed by atoms with Gasteiger partial charge in [-0.2, -0.15) is 0 Å². The Balaban J connectivity index is 2.56. The van der Waals surface area contributed by atoms with Crippen LogP contribution in [0, 0.1) is 0 Å². The van der Waals surface area contributed by atoms with E-state index in [4.69, 9.17) is 11.6 Å². The summed E-state index contributed by atoms with van der Waals surface area (Å²) in [5, 5.41) is 0.364. The van der Waals surface area contributed by atoms with Crippen molar-refractivity contribution in [1.82, 2.24) is 0 Å². The standard InChI is InChI=1S/C9H13Cl/c1-7(2)8-3-5-9(10)6-4-8/h3,9H,1,4-6H2,2H3. The molecular weight excluding hydrogens is 144 g/mol. The van der Waals surface area contributed by atoms with Crippen molar-refractivity contribution < 1.29 is 0 Å². The number of alkyl halides is 1. The summed E-state index contributed by atoms with van der Waals surface area (Å²) in [4.78, 5) is 0. The molecule has 56 valence electrons. The fraction of sp³-hybridized carbons (Fsp3) is 0.556. The first kappa shape index (κ1) is 7.87. The van der Waals surface area contributed by atoms with Gasteiger partial charge < -0.3 is 0 Å². The summed E-state index contributed by atoms with van der Waals surface area (Å²) < 4.78 is 0. The molecule has 0 N–H and O–H groups in total. The van der Waals surface area contributed by atoms with Crippen LogP contribution in [0.25, 0.3) is 0 Å². The third kappa shape index (κ3) is 1.88. The van der Waals surface area contributed by atoms with Crippen molar-refractivity contribution in [3.63, 3.8) is 0 Å². The van der Waals surface area contributed by atoms with Gasteiger partial charge in [-0.25, -0.2) is 0 Å². The first-order valence-electron chi connectivity index (χ1n) is 3.69. The Bertz CT molecular complexity index is 168. The normalized spacial score (nSPS) is 25.8. The second kappa shape index (κ2) is 3.25. The first-order chi connectivity index (χ1) is 4.70. The molecule has 0 aliphatic heterocycles. The van der Waals surface area contributed by atoms with E-state index in [1.165, 1.54) is 11.1 Å².